The molecule has 3 aromatic carbocycles. The van der Waals surface area contributed by atoms with E-state index in [0.717, 1.165) is 24.6 Å². The molecule has 4 aromatic rings. The van der Waals surface area contributed by atoms with E-state index in [1.165, 1.54) is 22.3 Å². The second-order valence-electron chi connectivity index (χ2n) is 6.44. The molecule has 4 rings (SSSR count). The monoisotopic (exact) mass is 339 g/mol. The van der Waals surface area contributed by atoms with Gasteiger partial charge in [0.15, 0.2) is 0 Å². The Labute approximate surface area is 154 Å². The Balaban J connectivity index is 1.67. The lowest BCUT2D eigenvalue weighted by Crippen LogP contribution is -2.08. The SMILES string of the molecule is Cc1nnc(Cc2ccccc2-c2ccccc2)n1Cc1ccccc1. The number of hydrogen-bond donors (Lipinski definition) is 0. The van der Waals surface area contributed by atoms with Crippen LogP contribution in [-0.4, -0.2) is 14.8 Å². The Bertz CT molecular complexity index is 988. The van der Waals surface area contributed by atoms with Gasteiger partial charge in [0.2, 0.25) is 0 Å². The summed E-state index contributed by atoms with van der Waals surface area (Å²) < 4.78 is 2.21. The van der Waals surface area contributed by atoms with Gasteiger partial charge in [0.1, 0.15) is 11.6 Å². The molecule has 0 fully saturated rings. The first-order valence-corrected chi connectivity index (χ1v) is 8.87. The van der Waals surface area contributed by atoms with Crippen molar-refractivity contribution in [1.29, 1.82) is 0 Å². The van der Waals surface area contributed by atoms with E-state index in [9.17, 15) is 0 Å². The summed E-state index contributed by atoms with van der Waals surface area (Å²) >= 11 is 0. The molecule has 0 bridgehead atoms. The summed E-state index contributed by atoms with van der Waals surface area (Å²) in [5, 5.41) is 8.78. The Morgan fingerprint density at radius 3 is 2.15 bits per heavy atom. The van der Waals surface area contributed by atoms with Crippen LogP contribution in [0.25, 0.3) is 11.1 Å². The van der Waals surface area contributed by atoms with Crippen molar-refractivity contribution in [3.05, 3.63) is 108 Å². The van der Waals surface area contributed by atoms with Crippen molar-refractivity contribution in [3.63, 3.8) is 0 Å². The van der Waals surface area contributed by atoms with Crippen molar-refractivity contribution in [2.24, 2.45) is 0 Å². The third-order valence-corrected chi connectivity index (χ3v) is 4.65. The van der Waals surface area contributed by atoms with Crippen molar-refractivity contribution in [2.45, 2.75) is 19.9 Å². The predicted molar refractivity (Wildman–Crippen MR) is 105 cm³/mol. The van der Waals surface area contributed by atoms with Crippen LogP contribution in [0.4, 0.5) is 0 Å². The third-order valence-electron chi connectivity index (χ3n) is 4.65. The molecule has 26 heavy (non-hydrogen) atoms. The van der Waals surface area contributed by atoms with Crippen molar-refractivity contribution >= 4 is 0 Å². The number of nitrogens with zero attached hydrogens (tertiary/aromatic N) is 3. The molecule has 0 aliphatic heterocycles. The second-order valence-corrected chi connectivity index (χ2v) is 6.44. The van der Waals surface area contributed by atoms with Gasteiger partial charge in [-0.25, -0.2) is 0 Å². The summed E-state index contributed by atoms with van der Waals surface area (Å²) in [7, 11) is 0. The van der Waals surface area contributed by atoms with Gasteiger partial charge in [0.05, 0.1) is 6.54 Å². The molecule has 0 N–H and O–H groups in total. The van der Waals surface area contributed by atoms with Gasteiger partial charge in [-0.05, 0) is 29.2 Å². The van der Waals surface area contributed by atoms with E-state index in [2.05, 4.69) is 87.6 Å². The van der Waals surface area contributed by atoms with Crippen molar-refractivity contribution in [3.8, 4) is 11.1 Å². The lowest BCUT2D eigenvalue weighted by atomic mass is 9.97. The molecule has 128 valence electrons. The van der Waals surface area contributed by atoms with Crippen molar-refractivity contribution in [1.82, 2.24) is 14.8 Å². The quantitative estimate of drug-likeness (QED) is 0.518. The number of benzene rings is 3. The topological polar surface area (TPSA) is 30.7 Å². The van der Waals surface area contributed by atoms with Gasteiger partial charge in [-0.15, -0.1) is 10.2 Å². The fraction of sp³-hybridized carbons (Fsp3) is 0.130. The van der Waals surface area contributed by atoms with E-state index in [4.69, 9.17) is 0 Å². The highest BCUT2D eigenvalue weighted by Gasteiger charge is 2.12. The summed E-state index contributed by atoms with van der Waals surface area (Å²) in [6.45, 7) is 2.81. The second kappa shape index (κ2) is 7.36. The molecule has 1 heterocycles. The summed E-state index contributed by atoms with van der Waals surface area (Å²) in [4.78, 5) is 0. The van der Waals surface area contributed by atoms with Gasteiger partial charge in [-0.2, -0.15) is 0 Å². The standard InChI is InChI=1S/C23H21N3/c1-18-24-25-23(26(18)17-19-10-4-2-5-11-19)16-21-14-8-9-15-22(21)20-12-6-3-7-13-20/h2-15H,16-17H2,1H3. The van der Waals surface area contributed by atoms with Gasteiger partial charge < -0.3 is 4.57 Å². The highest BCUT2D eigenvalue weighted by atomic mass is 15.3. The minimum atomic E-state index is 0.763. The van der Waals surface area contributed by atoms with Crippen LogP contribution in [0.5, 0.6) is 0 Å². The van der Waals surface area contributed by atoms with Gasteiger partial charge in [-0.3, -0.25) is 0 Å². The van der Waals surface area contributed by atoms with Gasteiger partial charge in [0, 0.05) is 6.42 Å². The smallest absolute Gasteiger partial charge is 0.137 e. The first-order chi connectivity index (χ1) is 12.8. The first kappa shape index (κ1) is 16.3. The molecule has 0 atom stereocenters. The molecule has 0 amide bonds. The minimum Gasteiger partial charge on any atom is -0.310 e. The molecular weight excluding hydrogens is 318 g/mol. The zero-order valence-corrected chi connectivity index (χ0v) is 14.8. The Morgan fingerprint density at radius 2 is 1.38 bits per heavy atom. The highest BCUT2D eigenvalue weighted by molar-refractivity contribution is 5.67. The molecular formula is C23H21N3. The fourth-order valence-electron chi connectivity index (χ4n) is 3.27. The van der Waals surface area contributed by atoms with Gasteiger partial charge >= 0.3 is 0 Å². The maximum absolute atomic E-state index is 4.45. The van der Waals surface area contributed by atoms with Gasteiger partial charge in [-0.1, -0.05) is 84.9 Å². The van der Waals surface area contributed by atoms with E-state index in [-0.39, 0.29) is 0 Å². The maximum atomic E-state index is 4.45. The normalized spacial score (nSPS) is 10.8. The average Bonchev–Trinajstić information content (AvgIpc) is 3.03. The van der Waals surface area contributed by atoms with Crippen molar-refractivity contribution in [2.75, 3.05) is 0 Å². The van der Waals surface area contributed by atoms with Crippen LogP contribution < -0.4 is 0 Å². The molecule has 0 unspecified atom stereocenters. The minimum absolute atomic E-state index is 0.763. The molecule has 3 nitrogen and oxygen atoms in total. The molecule has 0 saturated carbocycles. The number of aromatic nitrogens is 3. The lowest BCUT2D eigenvalue weighted by molar-refractivity contribution is 0.718. The first-order valence-electron chi connectivity index (χ1n) is 8.87. The predicted octanol–water partition coefficient (Wildman–Crippen LogP) is 4.89. The Kier molecular flexibility index (Phi) is 4.61. The van der Waals surface area contributed by atoms with Crippen LogP contribution in [-0.2, 0) is 13.0 Å². The van der Waals surface area contributed by atoms with Crippen LogP contribution in [0.2, 0.25) is 0 Å². The summed E-state index contributed by atoms with van der Waals surface area (Å²) in [5.41, 5.74) is 5.00. The van der Waals surface area contributed by atoms with E-state index in [1.54, 1.807) is 0 Å². The number of aryl methyl sites for hydroxylation is 1. The summed E-state index contributed by atoms with van der Waals surface area (Å²) in [6, 6.07) is 29.5. The third kappa shape index (κ3) is 3.42. The zero-order valence-electron chi connectivity index (χ0n) is 14.8. The van der Waals surface area contributed by atoms with Crippen LogP contribution in [0.3, 0.4) is 0 Å². The molecule has 0 aliphatic carbocycles. The largest absolute Gasteiger partial charge is 0.310 e. The number of hydrogen-bond acceptors (Lipinski definition) is 2. The Morgan fingerprint density at radius 1 is 0.731 bits per heavy atom. The average molecular weight is 339 g/mol. The van der Waals surface area contributed by atoms with E-state index in [0.29, 0.717) is 0 Å². The van der Waals surface area contributed by atoms with Crippen LogP contribution in [0.15, 0.2) is 84.9 Å². The van der Waals surface area contributed by atoms with E-state index >= 15 is 0 Å². The maximum Gasteiger partial charge on any atom is 0.137 e. The molecule has 0 aliphatic rings. The molecule has 0 saturated heterocycles. The lowest BCUT2D eigenvalue weighted by Gasteiger charge is -2.12. The highest BCUT2D eigenvalue weighted by Crippen LogP contribution is 2.25. The summed E-state index contributed by atoms with van der Waals surface area (Å²) in [5.74, 6) is 1.94. The molecule has 1 aromatic heterocycles. The molecule has 0 radical (unpaired) electrons. The van der Waals surface area contributed by atoms with Crippen LogP contribution >= 0.6 is 0 Å². The van der Waals surface area contributed by atoms with E-state index < -0.39 is 0 Å². The fourth-order valence-corrected chi connectivity index (χ4v) is 3.27. The van der Waals surface area contributed by atoms with E-state index in [1.807, 2.05) is 19.1 Å². The molecule has 0 spiro atoms. The Hall–Kier alpha value is -3.20. The number of rotatable bonds is 5. The van der Waals surface area contributed by atoms with Crippen molar-refractivity contribution < 1.29 is 0 Å². The van der Waals surface area contributed by atoms with Gasteiger partial charge in [0.25, 0.3) is 0 Å². The van der Waals surface area contributed by atoms with Crippen LogP contribution in [0, 0.1) is 6.92 Å². The summed E-state index contributed by atoms with van der Waals surface area (Å²) in [6.07, 6.45) is 0.763. The van der Waals surface area contributed by atoms with Crippen LogP contribution in [0.1, 0.15) is 22.8 Å². The molecule has 3 heteroatoms. The zero-order chi connectivity index (χ0) is 17.8.